The zero-order chi connectivity index (χ0) is 25.1. The van der Waals surface area contributed by atoms with Crippen molar-refractivity contribution in [3.8, 4) is 5.75 Å². The molecule has 0 radical (unpaired) electrons. The van der Waals surface area contributed by atoms with Gasteiger partial charge in [-0.25, -0.2) is 0 Å². The molecule has 1 aromatic heterocycles. The molecule has 0 aliphatic rings. The summed E-state index contributed by atoms with van der Waals surface area (Å²) in [4.78, 5) is 27.7. The highest BCUT2D eigenvalue weighted by Crippen LogP contribution is 2.35. The number of ketones is 1. The standard InChI is InChI=1S/C29H23ClN2O3S/c30-24-13-10-20(16-25(24)31)26(33)18-32(29(34)19-6-2-1-3-7-19)14-15-35-21-11-12-23-22-8-4-5-9-27(22)36-28(23)17-21/h1-13,16-17H,14-15,18,31H2. The maximum absolute atomic E-state index is 13.2. The minimum absolute atomic E-state index is 0.104. The number of Topliss-reactive ketones (excluding diaryl/α,β-unsaturated/α-hetero) is 1. The van der Waals surface area contributed by atoms with Gasteiger partial charge in [0.05, 0.1) is 23.8 Å². The lowest BCUT2D eigenvalue weighted by molar-refractivity contribution is 0.0686. The predicted molar refractivity (Wildman–Crippen MR) is 147 cm³/mol. The summed E-state index contributed by atoms with van der Waals surface area (Å²) >= 11 is 7.71. The molecule has 7 heteroatoms. The lowest BCUT2D eigenvalue weighted by Gasteiger charge is -2.22. The molecule has 0 saturated heterocycles. The summed E-state index contributed by atoms with van der Waals surface area (Å²) in [6.07, 6.45) is 0. The third-order valence-electron chi connectivity index (χ3n) is 5.94. The van der Waals surface area contributed by atoms with E-state index in [0.717, 1.165) is 10.4 Å². The summed E-state index contributed by atoms with van der Waals surface area (Å²) in [5, 5.41) is 2.80. The second kappa shape index (κ2) is 10.4. The Labute approximate surface area is 217 Å². The molecule has 5 aromatic rings. The molecular weight excluding hydrogens is 492 g/mol. The van der Waals surface area contributed by atoms with E-state index in [1.54, 1.807) is 47.7 Å². The Morgan fingerprint density at radius 2 is 1.58 bits per heavy atom. The third kappa shape index (κ3) is 5.05. The Balaban J connectivity index is 1.32. The maximum Gasteiger partial charge on any atom is 0.254 e. The number of thiophene rings is 1. The molecule has 0 saturated carbocycles. The molecule has 5 nitrogen and oxygen atoms in total. The van der Waals surface area contributed by atoms with Crippen LogP contribution in [-0.4, -0.2) is 36.3 Å². The molecule has 180 valence electrons. The van der Waals surface area contributed by atoms with Gasteiger partial charge in [0.2, 0.25) is 0 Å². The monoisotopic (exact) mass is 514 g/mol. The van der Waals surface area contributed by atoms with E-state index in [9.17, 15) is 9.59 Å². The zero-order valence-electron chi connectivity index (χ0n) is 19.3. The number of nitrogens with two attached hydrogens (primary N) is 1. The van der Waals surface area contributed by atoms with Crippen LogP contribution in [0.2, 0.25) is 5.02 Å². The fraction of sp³-hybridized carbons (Fsp3) is 0.103. The van der Waals surface area contributed by atoms with Crippen LogP contribution in [0.1, 0.15) is 20.7 Å². The van der Waals surface area contributed by atoms with E-state index in [-0.39, 0.29) is 31.4 Å². The van der Waals surface area contributed by atoms with Crippen LogP contribution in [0, 0.1) is 0 Å². The van der Waals surface area contributed by atoms with Crippen molar-refractivity contribution in [2.45, 2.75) is 0 Å². The van der Waals surface area contributed by atoms with Crippen LogP contribution in [0.15, 0.2) is 91.0 Å². The minimum Gasteiger partial charge on any atom is -0.492 e. The number of nitrogen functional groups attached to an aromatic ring is 1. The molecule has 0 aliphatic carbocycles. The van der Waals surface area contributed by atoms with E-state index in [1.165, 1.54) is 26.4 Å². The molecule has 1 heterocycles. The maximum atomic E-state index is 13.2. The van der Waals surface area contributed by atoms with Gasteiger partial charge in [-0.15, -0.1) is 11.3 Å². The topological polar surface area (TPSA) is 72.6 Å². The average Bonchev–Trinajstić information content (AvgIpc) is 3.27. The molecule has 0 fully saturated rings. The largest absolute Gasteiger partial charge is 0.492 e. The molecule has 0 atom stereocenters. The normalized spacial score (nSPS) is 11.0. The highest BCUT2D eigenvalue weighted by molar-refractivity contribution is 7.25. The summed E-state index contributed by atoms with van der Waals surface area (Å²) in [5.74, 6) is 0.252. The number of nitrogens with zero attached hydrogens (tertiary/aromatic N) is 1. The van der Waals surface area contributed by atoms with Crippen LogP contribution in [0.5, 0.6) is 5.75 Å². The molecule has 0 unspecified atom stereocenters. The summed E-state index contributed by atoms with van der Waals surface area (Å²) < 4.78 is 8.38. The SMILES string of the molecule is Nc1cc(C(=O)CN(CCOc2ccc3c(c2)sc2ccccc23)C(=O)c2ccccc2)ccc1Cl. The van der Waals surface area contributed by atoms with Crippen molar-refractivity contribution in [3.05, 3.63) is 107 Å². The van der Waals surface area contributed by atoms with Gasteiger partial charge in [0.15, 0.2) is 5.78 Å². The van der Waals surface area contributed by atoms with E-state index >= 15 is 0 Å². The summed E-state index contributed by atoms with van der Waals surface area (Å²) in [7, 11) is 0. The molecule has 4 aromatic carbocycles. The Morgan fingerprint density at radius 3 is 2.39 bits per heavy atom. The Morgan fingerprint density at radius 1 is 0.833 bits per heavy atom. The van der Waals surface area contributed by atoms with Crippen LogP contribution in [0.25, 0.3) is 20.2 Å². The lowest BCUT2D eigenvalue weighted by Crippen LogP contribution is -2.38. The van der Waals surface area contributed by atoms with Crippen molar-refractivity contribution in [2.24, 2.45) is 0 Å². The van der Waals surface area contributed by atoms with Gasteiger partial charge in [-0.2, -0.15) is 0 Å². The van der Waals surface area contributed by atoms with Crippen LogP contribution in [0.4, 0.5) is 5.69 Å². The molecule has 1 amide bonds. The lowest BCUT2D eigenvalue weighted by atomic mass is 10.1. The number of halogens is 1. The zero-order valence-corrected chi connectivity index (χ0v) is 20.9. The highest BCUT2D eigenvalue weighted by Gasteiger charge is 2.20. The van der Waals surface area contributed by atoms with Crippen molar-refractivity contribution in [2.75, 3.05) is 25.4 Å². The number of fused-ring (bicyclic) bond motifs is 3. The number of amides is 1. The van der Waals surface area contributed by atoms with Gasteiger partial charge in [0.25, 0.3) is 5.91 Å². The molecule has 0 aliphatic heterocycles. The first-order chi connectivity index (χ1) is 17.5. The van der Waals surface area contributed by atoms with Gasteiger partial charge in [-0.05, 0) is 54.6 Å². The second-order valence-electron chi connectivity index (χ2n) is 8.36. The fourth-order valence-corrected chi connectivity index (χ4v) is 5.32. The van der Waals surface area contributed by atoms with Gasteiger partial charge < -0.3 is 15.4 Å². The molecule has 2 N–H and O–H groups in total. The predicted octanol–water partition coefficient (Wildman–Crippen LogP) is 6.69. The van der Waals surface area contributed by atoms with Crippen LogP contribution in [-0.2, 0) is 0 Å². The quantitative estimate of drug-likeness (QED) is 0.185. The van der Waals surface area contributed by atoms with E-state index in [0.29, 0.717) is 21.8 Å². The Hall–Kier alpha value is -3.87. The highest BCUT2D eigenvalue weighted by atomic mass is 35.5. The van der Waals surface area contributed by atoms with E-state index in [4.69, 9.17) is 22.1 Å². The number of carbonyl (C=O) groups is 2. The van der Waals surface area contributed by atoms with Gasteiger partial charge in [-0.3, -0.25) is 9.59 Å². The van der Waals surface area contributed by atoms with Gasteiger partial charge in [-0.1, -0.05) is 48.0 Å². The molecule has 5 rings (SSSR count). The van der Waals surface area contributed by atoms with Crippen LogP contribution >= 0.6 is 22.9 Å². The number of carbonyl (C=O) groups excluding carboxylic acids is 2. The van der Waals surface area contributed by atoms with Crippen LogP contribution in [0.3, 0.4) is 0 Å². The number of hydrogen-bond donors (Lipinski definition) is 1. The Kier molecular flexibility index (Phi) is 6.89. The van der Waals surface area contributed by atoms with Gasteiger partial charge >= 0.3 is 0 Å². The van der Waals surface area contributed by atoms with E-state index in [1.807, 2.05) is 30.3 Å². The van der Waals surface area contributed by atoms with Crippen LogP contribution < -0.4 is 10.5 Å². The van der Waals surface area contributed by atoms with Crippen molar-refractivity contribution in [3.63, 3.8) is 0 Å². The smallest absolute Gasteiger partial charge is 0.254 e. The van der Waals surface area contributed by atoms with Gasteiger partial charge in [0.1, 0.15) is 12.4 Å². The van der Waals surface area contributed by atoms with Crippen molar-refractivity contribution in [1.82, 2.24) is 4.90 Å². The first-order valence-corrected chi connectivity index (χ1v) is 12.7. The minimum atomic E-state index is -0.241. The average molecular weight is 515 g/mol. The summed E-state index contributed by atoms with van der Waals surface area (Å²) in [6, 6.07) is 27.9. The van der Waals surface area contributed by atoms with E-state index in [2.05, 4.69) is 18.2 Å². The molecule has 0 spiro atoms. The first kappa shape index (κ1) is 23.9. The summed E-state index contributed by atoms with van der Waals surface area (Å²) in [6.45, 7) is 0.380. The second-order valence-corrected chi connectivity index (χ2v) is 9.85. The van der Waals surface area contributed by atoms with Gasteiger partial charge in [0, 0.05) is 31.3 Å². The molecule has 36 heavy (non-hydrogen) atoms. The van der Waals surface area contributed by atoms with Crippen molar-refractivity contribution < 1.29 is 14.3 Å². The van der Waals surface area contributed by atoms with Crippen molar-refractivity contribution in [1.29, 1.82) is 0 Å². The molecular formula is C29H23ClN2O3S. The summed E-state index contributed by atoms with van der Waals surface area (Å²) in [5.41, 5.74) is 7.10. The van der Waals surface area contributed by atoms with Crippen molar-refractivity contribution >= 4 is 60.5 Å². The fourth-order valence-electron chi connectivity index (χ4n) is 4.07. The first-order valence-electron chi connectivity index (χ1n) is 11.5. The number of rotatable bonds is 8. The number of anilines is 1. The van der Waals surface area contributed by atoms with E-state index < -0.39 is 0 Å². The number of benzene rings is 4. The molecule has 0 bridgehead atoms. The number of ether oxygens (including phenoxy) is 1. The number of hydrogen-bond acceptors (Lipinski definition) is 5. The Bertz CT molecular complexity index is 1570. The third-order valence-corrected chi connectivity index (χ3v) is 7.42.